The molecule has 0 aliphatic carbocycles. The highest BCUT2D eigenvalue weighted by Gasteiger charge is 2.40. The van der Waals surface area contributed by atoms with Crippen molar-refractivity contribution < 1.29 is 9.47 Å². The normalized spacial score (nSPS) is 16.8. The van der Waals surface area contributed by atoms with E-state index in [1.54, 1.807) is 0 Å². The third-order valence-electron chi connectivity index (χ3n) is 9.56. The van der Waals surface area contributed by atoms with Crippen molar-refractivity contribution in [2.45, 2.75) is 206 Å². The van der Waals surface area contributed by atoms with Crippen molar-refractivity contribution in [3.63, 3.8) is 0 Å². The summed E-state index contributed by atoms with van der Waals surface area (Å²) in [6.45, 7) is 6.46. The Bertz CT molecular complexity index is 719. The molecule has 1 atom stereocenters. The molecule has 1 fully saturated rings. The fraction of sp³-hybridized carbons (Fsp3) is 0.818. The van der Waals surface area contributed by atoms with Gasteiger partial charge in [-0.15, -0.1) is 0 Å². The third kappa shape index (κ3) is 28.4. The quantitative estimate of drug-likeness (QED) is 0.0508. The van der Waals surface area contributed by atoms with Crippen LogP contribution in [0.5, 0.6) is 0 Å². The number of unbranched alkanes of at least 4 members (excludes halogenated alkanes) is 18. The lowest BCUT2D eigenvalue weighted by molar-refractivity contribution is -0.180. The lowest BCUT2D eigenvalue weighted by Crippen LogP contribution is -2.31. The minimum atomic E-state index is -0.312. The number of nitrogens with zero attached hydrogens (tertiary/aromatic N) is 1. The summed E-state index contributed by atoms with van der Waals surface area (Å²) in [6, 6.07) is 0. The van der Waals surface area contributed by atoms with Gasteiger partial charge in [-0.2, -0.15) is 0 Å². The van der Waals surface area contributed by atoms with Crippen LogP contribution in [-0.4, -0.2) is 44.0 Å². The Morgan fingerprint density at radius 3 is 1.34 bits per heavy atom. The van der Waals surface area contributed by atoms with E-state index in [2.05, 4.69) is 81.5 Å². The van der Waals surface area contributed by atoms with Crippen LogP contribution in [0, 0.1) is 0 Å². The number of hydrogen-bond acceptors (Lipinski definition) is 3. The van der Waals surface area contributed by atoms with E-state index < -0.39 is 0 Å². The largest absolute Gasteiger partial charge is 0.347 e. The summed E-state index contributed by atoms with van der Waals surface area (Å²) in [4.78, 5) is 2.28. The van der Waals surface area contributed by atoms with Gasteiger partial charge in [-0.3, -0.25) is 0 Å². The Balaban J connectivity index is 2.19. The minimum absolute atomic E-state index is 0.282. The number of allylic oxidation sites excluding steroid dienone is 8. The number of rotatable bonds is 34. The predicted molar refractivity (Wildman–Crippen MR) is 209 cm³/mol. The molecule has 0 N–H and O–H groups in total. The van der Waals surface area contributed by atoms with Crippen LogP contribution in [-0.2, 0) is 9.47 Å². The minimum Gasteiger partial charge on any atom is -0.347 e. The summed E-state index contributed by atoms with van der Waals surface area (Å²) in [7, 11) is 4.32. The van der Waals surface area contributed by atoms with Crippen molar-refractivity contribution in [1.29, 1.82) is 0 Å². The molecule has 3 heteroatoms. The van der Waals surface area contributed by atoms with E-state index in [4.69, 9.17) is 9.47 Å². The molecule has 0 saturated carbocycles. The van der Waals surface area contributed by atoms with Crippen LogP contribution in [0.4, 0.5) is 0 Å². The topological polar surface area (TPSA) is 21.7 Å². The van der Waals surface area contributed by atoms with Gasteiger partial charge in [0.1, 0.15) is 0 Å². The number of ether oxygens (including phenoxy) is 2. The molecule has 0 radical (unpaired) electrons. The molecule has 0 aromatic rings. The van der Waals surface area contributed by atoms with E-state index in [9.17, 15) is 0 Å². The molecule has 3 nitrogen and oxygen atoms in total. The molecule has 1 saturated heterocycles. The average Bonchev–Trinajstić information content (AvgIpc) is 3.47. The van der Waals surface area contributed by atoms with E-state index in [1.165, 1.54) is 148 Å². The molecule has 0 aromatic carbocycles. The maximum Gasteiger partial charge on any atom is 0.168 e. The van der Waals surface area contributed by atoms with Crippen molar-refractivity contribution in [1.82, 2.24) is 4.90 Å². The fourth-order valence-corrected chi connectivity index (χ4v) is 6.55. The van der Waals surface area contributed by atoms with Gasteiger partial charge in [0.2, 0.25) is 0 Å². The van der Waals surface area contributed by atoms with Crippen molar-refractivity contribution in [3.05, 3.63) is 48.6 Å². The van der Waals surface area contributed by atoms with E-state index in [0.29, 0.717) is 0 Å². The maximum absolute atomic E-state index is 6.71. The van der Waals surface area contributed by atoms with Crippen molar-refractivity contribution in [2.24, 2.45) is 0 Å². The smallest absolute Gasteiger partial charge is 0.168 e. The van der Waals surface area contributed by atoms with Gasteiger partial charge in [0, 0.05) is 12.8 Å². The van der Waals surface area contributed by atoms with E-state index in [1.807, 2.05) is 0 Å². The average molecular weight is 656 g/mol. The van der Waals surface area contributed by atoms with Crippen LogP contribution in [0.2, 0.25) is 0 Å². The zero-order valence-electron chi connectivity index (χ0n) is 32.2. The molecule has 1 rings (SSSR count). The van der Waals surface area contributed by atoms with Gasteiger partial charge in [0.25, 0.3) is 0 Å². The SMILES string of the molecule is CCCCC/C=C\C/C=C\CCCCCCCCC1(CCCCCCCC/C=C\C/C=C\CCCCC)OCC(CCCN(C)C)O1. The van der Waals surface area contributed by atoms with Gasteiger partial charge in [0.15, 0.2) is 5.79 Å². The maximum atomic E-state index is 6.71. The predicted octanol–water partition coefficient (Wildman–Crippen LogP) is 13.8. The van der Waals surface area contributed by atoms with E-state index >= 15 is 0 Å². The second kappa shape index (κ2) is 33.3. The second-order valence-electron chi connectivity index (χ2n) is 14.6. The summed E-state index contributed by atoms with van der Waals surface area (Å²) in [6.07, 6.45) is 54.6. The lowest BCUT2D eigenvalue weighted by atomic mass is 9.98. The molecule has 274 valence electrons. The van der Waals surface area contributed by atoms with Crippen molar-refractivity contribution in [2.75, 3.05) is 27.2 Å². The molecule has 1 unspecified atom stereocenters. The van der Waals surface area contributed by atoms with Gasteiger partial charge in [-0.05, 0) is 111 Å². The standard InChI is InChI=1S/C44H81NO2/c1-5-7-9-11-13-15-17-19-21-23-25-27-29-31-33-35-39-44(46-42-43(47-44)38-37-41-45(3)4)40-36-34-32-30-28-26-24-22-20-18-16-14-12-10-8-6-2/h13-16,19-22,43H,5-12,17-18,23-42H2,1-4H3/b15-13-,16-14-,21-19-,22-20-. The van der Waals surface area contributed by atoms with Gasteiger partial charge in [-0.25, -0.2) is 0 Å². The van der Waals surface area contributed by atoms with E-state index in [0.717, 1.165) is 45.3 Å². The van der Waals surface area contributed by atoms with Crippen LogP contribution >= 0.6 is 0 Å². The van der Waals surface area contributed by atoms with Crippen LogP contribution < -0.4 is 0 Å². The highest BCUT2D eigenvalue weighted by Crippen LogP contribution is 2.36. The molecule has 1 aliphatic heterocycles. The molecule has 0 spiro atoms. The molecule has 0 aromatic heterocycles. The monoisotopic (exact) mass is 656 g/mol. The third-order valence-corrected chi connectivity index (χ3v) is 9.56. The summed E-state index contributed by atoms with van der Waals surface area (Å²) >= 11 is 0. The Hall–Kier alpha value is -1.16. The molecule has 1 aliphatic rings. The highest BCUT2D eigenvalue weighted by atomic mass is 16.7. The molecular formula is C44H81NO2. The number of hydrogen-bond donors (Lipinski definition) is 0. The summed E-state index contributed by atoms with van der Waals surface area (Å²) in [5.74, 6) is -0.312. The van der Waals surface area contributed by atoms with Crippen molar-refractivity contribution >= 4 is 0 Å². The Morgan fingerprint density at radius 2 is 0.915 bits per heavy atom. The lowest BCUT2D eigenvalue weighted by Gasteiger charge is -2.28. The Labute approximate surface area is 295 Å². The van der Waals surface area contributed by atoms with Crippen LogP contribution in [0.25, 0.3) is 0 Å². The molecule has 47 heavy (non-hydrogen) atoms. The first-order chi connectivity index (χ1) is 23.1. The summed E-state index contributed by atoms with van der Waals surface area (Å²) < 4.78 is 13.2. The molecule has 0 amide bonds. The fourth-order valence-electron chi connectivity index (χ4n) is 6.55. The van der Waals surface area contributed by atoms with Crippen LogP contribution in [0.1, 0.15) is 194 Å². The van der Waals surface area contributed by atoms with Crippen LogP contribution in [0.3, 0.4) is 0 Å². The molecule has 1 heterocycles. The van der Waals surface area contributed by atoms with Crippen LogP contribution in [0.15, 0.2) is 48.6 Å². The summed E-state index contributed by atoms with van der Waals surface area (Å²) in [5, 5.41) is 0. The van der Waals surface area contributed by atoms with Gasteiger partial charge in [0.05, 0.1) is 12.7 Å². The molecule has 0 bridgehead atoms. The highest BCUT2D eigenvalue weighted by molar-refractivity contribution is 4.93. The van der Waals surface area contributed by atoms with Gasteiger partial charge >= 0.3 is 0 Å². The van der Waals surface area contributed by atoms with Gasteiger partial charge < -0.3 is 14.4 Å². The first-order valence-corrected chi connectivity index (χ1v) is 20.7. The van der Waals surface area contributed by atoms with Crippen molar-refractivity contribution in [3.8, 4) is 0 Å². The van der Waals surface area contributed by atoms with E-state index in [-0.39, 0.29) is 11.9 Å². The first kappa shape index (κ1) is 43.9. The zero-order chi connectivity index (χ0) is 33.9. The zero-order valence-corrected chi connectivity index (χ0v) is 32.2. The Morgan fingerprint density at radius 1 is 0.511 bits per heavy atom. The van der Waals surface area contributed by atoms with Gasteiger partial charge in [-0.1, -0.05) is 140 Å². The Kier molecular flexibility index (Phi) is 31.1. The first-order valence-electron chi connectivity index (χ1n) is 20.7. The second-order valence-corrected chi connectivity index (χ2v) is 14.6. The summed E-state index contributed by atoms with van der Waals surface area (Å²) in [5.41, 5.74) is 0. The molecular weight excluding hydrogens is 574 g/mol.